The van der Waals surface area contributed by atoms with Crippen LogP contribution in [0, 0.1) is 6.92 Å². The van der Waals surface area contributed by atoms with E-state index >= 15 is 0 Å². The second-order valence-corrected chi connectivity index (χ2v) is 8.31. The van der Waals surface area contributed by atoms with Gasteiger partial charge in [-0.25, -0.2) is 4.98 Å². The van der Waals surface area contributed by atoms with E-state index in [4.69, 9.17) is 0 Å². The van der Waals surface area contributed by atoms with Crippen LogP contribution < -0.4 is 10.1 Å². The number of ether oxygens (including phenoxy) is 1. The monoisotopic (exact) mass is 483 g/mol. The number of anilines is 1. The van der Waals surface area contributed by atoms with Gasteiger partial charge in [0.25, 0.3) is 0 Å². The van der Waals surface area contributed by atoms with E-state index in [1.807, 2.05) is 54.0 Å². The number of amides is 1. The number of aryl methyl sites for hydroxylation is 1. The van der Waals surface area contributed by atoms with Crippen molar-refractivity contribution in [3.63, 3.8) is 0 Å². The van der Waals surface area contributed by atoms with E-state index in [9.17, 15) is 18.0 Å². The number of halogens is 3. The lowest BCUT2D eigenvalue weighted by Crippen LogP contribution is -2.17. The number of imidazole rings is 1. The number of benzene rings is 3. The van der Waals surface area contributed by atoms with Crippen LogP contribution in [-0.4, -0.2) is 27.6 Å². The number of rotatable bonds is 7. The molecule has 0 saturated carbocycles. The number of hydrogen-bond donors (Lipinski definition) is 1. The quantitative estimate of drug-likeness (QED) is 0.306. The van der Waals surface area contributed by atoms with Crippen molar-refractivity contribution in [1.82, 2.24) is 9.55 Å². The lowest BCUT2D eigenvalue weighted by atomic mass is 10.1. The third kappa shape index (κ3) is 5.99. The summed E-state index contributed by atoms with van der Waals surface area (Å²) in [6, 6.07) is 22.5. The lowest BCUT2D eigenvalue weighted by Gasteiger charge is -2.14. The van der Waals surface area contributed by atoms with E-state index in [2.05, 4.69) is 15.0 Å². The van der Waals surface area contributed by atoms with Crippen LogP contribution in [0.3, 0.4) is 0 Å². The zero-order valence-electron chi connectivity index (χ0n) is 18.0. The van der Waals surface area contributed by atoms with E-state index in [0.29, 0.717) is 16.5 Å². The van der Waals surface area contributed by atoms with Gasteiger partial charge in [0, 0.05) is 16.9 Å². The SMILES string of the molecule is Cc1ccc(-c2cnc(SCC(=O)Nc3ccccc3)n2-c2ccc(OC(F)(F)F)cc2)cc1. The van der Waals surface area contributed by atoms with Crippen molar-refractivity contribution in [2.24, 2.45) is 0 Å². The molecule has 5 nitrogen and oxygen atoms in total. The maximum atomic E-state index is 12.6. The number of carbonyl (C=O) groups excluding carboxylic acids is 1. The van der Waals surface area contributed by atoms with Crippen LogP contribution in [-0.2, 0) is 4.79 Å². The number of carbonyl (C=O) groups is 1. The maximum Gasteiger partial charge on any atom is 0.573 e. The third-order valence-corrected chi connectivity index (χ3v) is 5.75. The number of nitrogens with one attached hydrogen (secondary N) is 1. The standard InChI is InChI=1S/C25H20F3N3O2S/c1-17-7-9-18(10-8-17)22-15-29-24(34-16-23(32)30-19-5-3-2-4-6-19)31(22)20-11-13-21(14-12-20)33-25(26,27)28/h2-15H,16H2,1H3,(H,30,32). The van der Waals surface area contributed by atoms with Gasteiger partial charge in [-0.2, -0.15) is 0 Å². The molecule has 0 fully saturated rings. The van der Waals surface area contributed by atoms with Gasteiger partial charge in [-0.3, -0.25) is 9.36 Å². The van der Waals surface area contributed by atoms with Gasteiger partial charge >= 0.3 is 6.36 Å². The molecular weight excluding hydrogens is 463 g/mol. The summed E-state index contributed by atoms with van der Waals surface area (Å²) in [6.07, 6.45) is -3.08. The molecule has 1 aromatic heterocycles. The minimum atomic E-state index is -4.77. The van der Waals surface area contributed by atoms with Gasteiger partial charge in [0.2, 0.25) is 5.91 Å². The summed E-state index contributed by atoms with van der Waals surface area (Å²) in [7, 11) is 0. The van der Waals surface area contributed by atoms with Crippen LogP contribution in [0.5, 0.6) is 5.75 Å². The normalized spacial score (nSPS) is 11.3. The Labute approximate surface area is 198 Å². The molecule has 0 radical (unpaired) electrons. The molecule has 174 valence electrons. The van der Waals surface area contributed by atoms with Crippen molar-refractivity contribution in [2.75, 3.05) is 11.1 Å². The van der Waals surface area contributed by atoms with E-state index < -0.39 is 6.36 Å². The Kier molecular flexibility index (Phi) is 6.93. The summed E-state index contributed by atoms with van der Waals surface area (Å²) in [5, 5.41) is 3.36. The molecule has 0 aliphatic heterocycles. The molecule has 34 heavy (non-hydrogen) atoms. The molecule has 0 saturated heterocycles. The Morgan fingerprint density at radius 1 is 1.00 bits per heavy atom. The molecule has 0 aliphatic carbocycles. The highest BCUT2D eigenvalue weighted by Gasteiger charge is 2.31. The Bertz CT molecular complexity index is 1260. The van der Waals surface area contributed by atoms with Gasteiger partial charge in [0.05, 0.1) is 17.6 Å². The third-order valence-electron chi connectivity index (χ3n) is 4.80. The van der Waals surface area contributed by atoms with Crippen LogP contribution in [0.4, 0.5) is 18.9 Å². The Hall–Kier alpha value is -3.72. The Morgan fingerprint density at radius 2 is 1.68 bits per heavy atom. The number of thioether (sulfide) groups is 1. The highest BCUT2D eigenvalue weighted by molar-refractivity contribution is 7.99. The summed E-state index contributed by atoms with van der Waals surface area (Å²) < 4.78 is 43.4. The van der Waals surface area contributed by atoms with Crippen LogP contribution in [0.15, 0.2) is 90.2 Å². The second-order valence-electron chi connectivity index (χ2n) is 7.37. The van der Waals surface area contributed by atoms with Crippen molar-refractivity contribution >= 4 is 23.4 Å². The number of para-hydroxylation sites is 1. The van der Waals surface area contributed by atoms with E-state index in [0.717, 1.165) is 16.8 Å². The van der Waals surface area contributed by atoms with E-state index in [1.165, 1.54) is 36.0 Å². The van der Waals surface area contributed by atoms with Crippen LogP contribution in [0.2, 0.25) is 0 Å². The fourth-order valence-electron chi connectivity index (χ4n) is 3.26. The van der Waals surface area contributed by atoms with Crippen LogP contribution in [0.25, 0.3) is 16.9 Å². The number of aromatic nitrogens is 2. The van der Waals surface area contributed by atoms with Gasteiger partial charge in [-0.15, -0.1) is 13.2 Å². The van der Waals surface area contributed by atoms with Crippen LogP contribution >= 0.6 is 11.8 Å². The molecule has 1 heterocycles. The summed E-state index contributed by atoms with van der Waals surface area (Å²) in [5.74, 6) is -0.407. The number of nitrogens with zero attached hydrogens (tertiary/aromatic N) is 2. The van der Waals surface area contributed by atoms with E-state index in [1.54, 1.807) is 18.3 Å². The van der Waals surface area contributed by atoms with Crippen molar-refractivity contribution in [3.8, 4) is 22.7 Å². The molecule has 0 aliphatic rings. The predicted octanol–water partition coefficient (Wildman–Crippen LogP) is 6.48. The second kappa shape index (κ2) is 10.0. The van der Waals surface area contributed by atoms with Crippen LogP contribution in [0.1, 0.15) is 5.56 Å². The molecule has 0 spiro atoms. The Morgan fingerprint density at radius 3 is 2.32 bits per heavy atom. The first-order valence-electron chi connectivity index (χ1n) is 10.3. The fraction of sp³-hybridized carbons (Fsp3) is 0.120. The average molecular weight is 484 g/mol. The number of hydrogen-bond acceptors (Lipinski definition) is 4. The van der Waals surface area contributed by atoms with Gasteiger partial charge in [0.15, 0.2) is 5.16 Å². The molecule has 4 rings (SSSR count). The molecule has 3 aromatic carbocycles. The largest absolute Gasteiger partial charge is 0.573 e. The fourth-order valence-corrected chi connectivity index (χ4v) is 4.05. The van der Waals surface area contributed by atoms with Gasteiger partial charge in [-0.1, -0.05) is 59.8 Å². The van der Waals surface area contributed by atoms with Gasteiger partial charge in [0.1, 0.15) is 5.75 Å². The summed E-state index contributed by atoms with van der Waals surface area (Å²) in [6.45, 7) is 1.98. The average Bonchev–Trinajstić information content (AvgIpc) is 3.22. The van der Waals surface area contributed by atoms with Crippen molar-refractivity contribution in [1.29, 1.82) is 0 Å². The summed E-state index contributed by atoms with van der Waals surface area (Å²) in [4.78, 5) is 16.9. The molecule has 4 aromatic rings. The van der Waals surface area contributed by atoms with E-state index in [-0.39, 0.29) is 17.4 Å². The topological polar surface area (TPSA) is 56.2 Å². The summed E-state index contributed by atoms with van der Waals surface area (Å²) >= 11 is 1.23. The highest BCUT2D eigenvalue weighted by Crippen LogP contribution is 2.31. The minimum absolute atomic E-state index is 0.106. The lowest BCUT2D eigenvalue weighted by molar-refractivity contribution is -0.274. The molecule has 9 heteroatoms. The molecule has 0 atom stereocenters. The Balaban J connectivity index is 1.61. The smallest absolute Gasteiger partial charge is 0.406 e. The zero-order valence-corrected chi connectivity index (χ0v) is 18.9. The zero-order chi connectivity index (χ0) is 24.1. The number of alkyl halides is 3. The van der Waals surface area contributed by atoms with Gasteiger partial charge < -0.3 is 10.1 Å². The van der Waals surface area contributed by atoms with Crippen molar-refractivity contribution < 1.29 is 22.7 Å². The van der Waals surface area contributed by atoms with Crippen molar-refractivity contribution in [2.45, 2.75) is 18.4 Å². The first-order valence-corrected chi connectivity index (χ1v) is 11.3. The van der Waals surface area contributed by atoms with Gasteiger partial charge in [-0.05, 0) is 43.3 Å². The molecule has 0 unspecified atom stereocenters. The molecule has 0 bridgehead atoms. The molecule has 1 amide bonds. The predicted molar refractivity (Wildman–Crippen MR) is 126 cm³/mol. The first-order chi connectivity index (χ1) is 16.3. The van der Waals surface area contributed by atoms with Crippen molar-refractivity contribution in [3.05, 3.63) is 90.6 Å². The maximum absolute atomic E-state index is 12.6. The highest BCUT2D eigenvalue weighted by atomic mass is 32.2. The first kappa shape index (κ1) is 23.4. The minimum Gasteiger partial charge on any atom is -0.406 e. The molecule has 1 N–H and O–H groups in total. The summed E-state index contributed by atoms with van der Waals surface area (Å²) in [5.41, 5.74) is 4.01. The molecular formula is C25H20F3N3O2S.